The van der Waals surface area contributed by atoms with Crippen LogP contribution in [0.2, 0.25) is 0 Å². The fourth-order valence-corrected chi connectivity index (χ4v) is 3.96. The van der Waals surface area contributed by atoms with Gasteiger partial charge in [-0.15, -0.1) is 10.2 Å². The summed E-state index contributed by atoms with van der Waals surface area (Å²) in [5.41, 5.74) is 11.1. The lowest BCUT2D eigenvalue weighted by atomic mass is 9.81. The summed E-state index contributed by atoms with van der Waals surface area (Å²) >= 11 is 1.21. The number of nitrogen functional groups attached to an aromatic ring is 1. The number of aromatic nitrogens is 2. The van der Waals surface area contributed by atoms with Gasteiger partial charge in [-0.1, -0.05) is 60.9 Å². The average molecular weight is 374 g/mol. The Morgan fingerprint density at radius 1 is 1.12 bits per heavy atom. The lowest BCUT2D eigenvalue weighted by molar-refractivity contribution is -0.125. The fourth-order valence-electron chi connectivity index (χ4n) is 3.27. The van der Waals surface area contributed by atoms with E-state index in [1.54, 1.807) is 0 Å². The van der Waals surface area contributed by atoms with Gasteiger partial charge in [0.1, 0.15) is 16.6 Å². The van der Waals surface area contributed by atoms with Gasteiger partial charge in [0.2, 0.25) is 11.0 Å². The van der Waals surface area contributed by atoms with Crippen molar-refractivity contribution < 1.29 is 9.59 Å². The van der Waals surface area contributed by atoms with Crippen LogP contribution in [0.3, 0.4) is 0 Å². The Labute approximate surface area is 155 Å². The summed E-state index contributed by atoms with van der Waals surface area (Å²) in [5.74, 6) is -0.497. The van der Waals surface area contributed by atoms with E-state index in [1.165, 1.54) is 11.3 Å². The van der Waals surface area contributed by atoms with E-state index in [-0.39, 0.29) is 0 Å². The molecule has 26 heavy (non-hydrogen) atoms. The van der Waals surface area contributed by atoms with E-state index in [9.17, 15) is 9.59 Å². The van der Waals surface area contributed by atoms with Gasteiger partial charge in [-0.3, -0.25) is 4.79 Å². The molecule has 6 N–H and O–H groups in total. The van der Waals surface area contributed by atoms with Gasteiger partial charge in [0.05, 0.1) is 0 Å². The van der Waals surface area contributed by atoms with Gasteiger partial charge in [-0.05, 0) is 18.4 Å². The molecule has 1 aromatic heterocycles. The Morgan fingerprint density at radius 3 is 2.38 bits per heavy atom. The number of hydrogen-bond acceptors (Lipinski definition) is 6. The molecule has 0 spiro atoms. The van der Waals surface area contributed by atoms with Crippen molar-refractivity contribution >= 4 is 28.4 Å². The van der Waals surface area contributed by atoms with Crippen LogP contribution in [0, 0.1) is 0 Å². The number of nitrogens with two attached hydrogens (primary N) is 2. The number of urea groups is 1. The molecule has 1 saturated carbocycles. The first-order valence-corrected chi connectivity index (χ1v) is 9.34. The number of rotatable bonds is 5. The van der Waals surface area contributed by atoms with E-state index in [0.717, 1.165) is 24.8 Å². The number of benzene rings is 1. The molecule has 1 fully saturated rings. The average Bonchev–Trinajstić information content (AvgIpc) is 3.07. The van der Waals surface area contributed by atoms with Crippen LogP contribution in [0.5, 0.6) is 0 Å². The van der Waals surface area contributed by atoms with Crippen LogP contribution in [0.25, 0.3) is 0 Å². The van der Waals surface area contributed by atoms with Crippen LogP contribution >= 0.6 is 11.3 Å². The van der Waals surface area contributed by atoms with Crippen LogP contribution in [0.15, 0.2) is 30.3 Å². The first kappa shape index (κ1) is 18.1. The van der Waals surface area contributed by atoms with E-state index in [2.05, 4.69) is 20.8 Å². The Bertz CT molecular complexity index is 773. The molecule has 1 aliphatic carbocycles. The lowest BCUT2D eigenvalue weighted by Crippen LogP contribution is -2.60. The molecule has 0 bridgehead atoms. The molecule has 9 heteroatoms. The van der Waals surface area contributed by atoms with Crippen molar-refractivity contribution in [2.24, 2.45) is 5.73 Å². The number of nitrogens with one attached hydrogen (secondary N) is 2. The van der Waals surface area contributed by atoms with Crippen molar-refractivity contribution in [2.75, 3.05) is 5.73 Å². The van der Waals surface area contributed by atoms with Crippen molar-refractivity contribution in [3.8, 4) is 0 Å². The predicted octanol–water partition coefficient (Wildman–Crippen LogP) is 1.70. The molecule has 3 amide bonds. The molecular weight excluding hydrogens is 352 g/mol. The van der Waals surface area contributed by atoms with Gasteiger partial charge in [0.15, 0.2) is 0 Å². The Hall–Kier alpha value is -2.68. The second-order valence-electron chi connectivity index (χ2n) is 6.43. The predicted molar refractivity (Wildman–Crippen MR) is 99.3 cm³/mol. The SMILES string of the molecule is NC(=O)C1(NC(=O)NC(c2ccccc2)c2nnc(N)s2)CCCCC1. The largest absolute Gasteiger partial charge is 0.374 e. The zero-order valence-electron chi connectivity index (χ0n) is 14.3. The molecular formula is C17H22N6O2S. The minimum absolute atomic E-state index is 0.323. The first-order valence-electron chi connectivity index (χ1n) is 8.52. The molecule has 2 aromatic rings. The van der Waals surface area contributed by atoms with Gasteiger partial charge in [-0.2, -0.15) is 0 Å². The molecule has 1 heterocycles. The van der Waals surface area contributed by atoms with Gasteiger partial charge in [-0.25, -0.2) is 4.79 Å². The number of hydrogen-bond donors (Lipinski definition) is 4. The number of nitrogens with zero attached hydrogens (tertiary/aromatic N) is 2. The van der Waals surface area contributed by atoms with Gasteiger partial charge < -0.3 is 22.1 Å². The molecule has 0 aliphatic heterocycles. The molecule has 138 valence electrons. The number of anilines is 1. The van der Waals surface area contributed by atoms with E-state index in [0.29, 0.717) is 23.0 Å². The smallest absolute Gasteiger partial charge is 0.316 e. The highest BCUT2D eigenvalue weighted by molar-refractivity contribution is 7.15. The van der Waals surface area contributed by atoms with Crippen molar-refractivity contribution in [2.45, 2.75) is 43.7 Å². The molecule has 1 unspecified atom stereocenters. The van der Waals surface area contributed by atoms with Gasteiger partial charge >= 0.3 is 6.03 Å². The highest BCUT2D eigenvalue weighted by Gasteiger charge is 2.39. The van der Waals surface area contributed by atoms with Crippen molar-refractivity contribution in [3.05, 3.63) is 40.9 Å². The number of carbonyl (C=O) groups excluding carboxylic acids is 2. The summed E-state index contributed by atoms with van der Waals surface area (Å²) in [7, 11) is 0. The van der Waals surface area contributed by atoms with Gasteiger partial charge in [0.25, 0.3) is 0 Å². The third-order valence-corrected chi connectivity index (χ3v) is 5.46. The van der Waals surface area contributed by atoms with Crippen LogP contribution < -0.4 is 22.1 Å². The molecule has 1 aromatic carbocycles. The minimum Gasteiger partial charge on any atom is -0.374 e. The quantitative estimate of drug-likeness (QED) is 0.631. The molecule has 0 radical (unpaired) electrons. The standard InChI is InChI=1S/C17H22N6O2S/c18-14(24)17(9-5-2-6-10-17)21-16(25)20-12(11-7-3-1-4-8-11)13-22-23-15(19)26-13/h1,3-4,7-8,12H,2,5-6,9-10H2,(H2,18,24)(H2,19,23)(H2,20,21,25). The number of carbonyl (C=O) groups is 2. The molecule has 0 saturated heterocycles. The molecule has 1 aliphatic rings. The summed E-state index contributed by atoms with van der Waals surface area (Å²) in [6.07, 6.45) is 3.86. The molecule has 8 nitrogen and oxygen atoms in total. The summed E-state index contributed by atoms with van der Waals surface area (Å²) in [6.45, 7) is 0. The second kappa shape index (κ2) is 7.69. The van der Waals surface area contributed by atoms with E-state index >= 15 is 0 Å². The fraction of sp³-hybridized carbons (Fsp3) is 0.412. The van der Waals surface area contributed by atoms with E-state index < -0.39 is 23.5 Å². The Morgan fingerprint density at radius 2 is 1.81 bits per heavy atom. The molecule has 1 atom stereocenters. The van der Waals surface area contributed by atoms with Crippen LogP contribution in [-0.2, 0) is 4.79 Å². The van der Waals surface area contributed by atoms with Crippen LogP contribution in [-0.4, -0.2) is 27.7 Å². The van der Waals surface area contributed by atoms with Gasteiger partial charge in [0, 0.05) is 0 Å². The topological polar surface area (TPSA) is 136 Å². The van der Waals surface area contributed by atoms with Crippen LogP contribution in [0.1, 0.15) is 48.7 Å². The maximum Gasteiger partial charge on any atom is 0.316 e. The Kier molecular flexibility index (Phi) is 5.36. The van der Waals surface area contributed by atoms with Crippen LogP contribution in [0.4, 0.5) is 9.93 Å². The highest BCUT2D eigenvalue weighted by atomic mass is 32.1. The van der Waals surface area contributed by atoms with E-state index in [4.69, 9.17) is 11.5 Å². The highest BCUT2D eigenvalue weighted by Crippen LogP contribution is 2.29. The number of amides is 3. The first-order chi connectivity index (χ1) is 12.5. The Balaban J connectivity index is 1.80. The van der Waals surface area contributed by atoms with E-state index in [1.807, 2.05) is 30.3 Å². The third-order valence-electron chi connectivity index (χ3n) is 4.64. The van der Waals surface area contributed by atoms with Crippen molar-refractivity contribution in [1.82, 2.24) is 20.8 Å². The maximum absolute atomic E-state index is 12.7. The van der Waals surface area contributed by atoms with Crippen molar-refractivity contribution in [1.29, 1.82) is 0 Å². The third kappa shape index (κ3) is 3.93. The lowest BCUT2D eigenvalue weighted by Gasteiger charge is -2.35. The number of primary amides is 1. The second-order valence-corrected chi connectivity index (χ2v) is 7.47. The van der Waals surface area contributed by atoms with Crippen molar-refractivity contribution in [3.63, 3.8) is 0 Å². The summed E-state index contributed by atoms with van der Waals surface area (Å²) in [4.78, 5) is 24.7. The summed E-state index contributed by atoms with van der Waals surface area (Å²) in [5, 5.41) is 14.5. The maximum atomic E-state index is 12.7. The zero-order valence-corrected chi connectivity index (χ0v) is 15.1. The normalized spacial score (nSPS) is 17.2. The zero-order chi connectivity index (χ0) is 18.6. The summed E-state index contributed by atoms with van der Waals surface area (Å²) in [6, 6.07) is 8.42. The molecule has 3 rings (SSSR count). The minimum atomic E-state index is -0.996. The monoisotopic (exact) mass is 374 g/mol. The summed E-state index contributed by atoms with van der Waals surface area (Å²) < 4.78 is 0.